The molecule has 0 saturated heterocycles. The van der Waals surface area contributed by atoms with Gasteiger partial charge in [-0.3, -0.25) is 0 Å². The largest absolute Gasteiger partial charge is 0.309 e. The highest BCUT2D eigenvalue weighted by molar-refractivity contribution is 6.09. The molecule has 0 spiro atoms. The van der Waals surface area contributed by atoms with E-state index < -0.39 is 0 Å². The van der Waals surface area contributed by atoms with Crippen LogP contribution >= 0.6 is 0 Å². The molecule has 0 aliphatic rings. The summed E-state index contributed by atoms with van der Waals surface area (Å²) in [6, 6.07) is 63.3. The number of aromatic nitrogens is 2. The molecule has 0 aliphatic carbocycles. The van der Waals surface area contributed by atoms with E-state index in [2.05, 4.69) is 204 Å². The van der Waals surface area contributed by atoms with Gasteiger partial charge in [-0.05, 0) is 88.8 Å². The summed E-state index contributed by atoms with van der Waals surface area (Å²) < 4.78 is 4.73. The number of para-hydroxylation sites is 3. The monoisotopic (exact) mass is 652 g/mol. The number of fused-ring (bicyclic) bond motifs is 4. The Labute approximate surface area is 297 Å². The predicted molar refractivity (Wildman–Crippen MR) is 217 cm³/mol. The maximum atomic E-state index is 4.06. The third-order valence-electron chi connectivity index (χ3n) is 9.97. The van der Waals surface area contributed by atoms with Gasteiger partial charge in [0.05, 0.1) is 21.9 Å². The van der Waals surface area contributed by atoms with E-state index >= 15 is 0 Å². The van der Waals surface area contributed by atoms with Gasteiger partial charge in [-0.25, -0.2) is 0 Å². The van der Waals surface area contributed by atoms with Gasteiger partial charge in [-0.1, -0.05) is 146 Å². The maximum absolute atomic E-state index is 4.06. The highest BCUT2D eigenvalue weighted by Gasteiger charge is 2.14. The van der Waals surface area contributed by atoms with Gasteiger partial charge >= 0.3 is 0 Å². The minimum absolute atomic E-state index is 0.813. The number of nitrogens with zero attached hydrogens (tertiary/aromatic N) is 2. The predicted octanol–water partition coefficient (Wildman–Crippen LogP) is 11.1. The molecule has 0 aliphatic heterocycles. The molecule has 242 valence electrons. The molecule has 7 aromatic carbocycles. The first kappa shape index (κ1) is 30.4. The quantitative estimate of drug-likeness (QED) is 0.162. The van der Waals surface area contributed by atoms with Gasteiger partial charge in [0.2, 0.25) is 0 Å². The molecule has 2 nitrogen and oxygen atoms in total. The summed E-state index contributed by atoms with van der Waals surface area (Å²) in [5.74, 6) is 0. The van der Waals surface area contributed by atoms with Crippen LogP contribution in [0.4, 0.5) is 0 Å². The maximum Gasteiger partial charge on any atom is 0.0541 e. The van der Waals surface area contributed by atoms with E-state index in [4.69, 9.17) is 0 Å². The zero-order valence-corrected chi connectivity index (χ0v) is 28.3. The second kappa shape index (κ2) is 13.0. The Morgan fingerprint density at radius 1 is 0.431 bits per heavy atom. The third-order valence-corrected chi connectivity index (χ3v) is 9.97. The number of allylic oxidation sites excluding steroid dienone is 1. The van der Waals surface area contributed by atoms with Crippen LogP contribution in [0.5, 0.6) is 0 Å². The Hall–Kier alpha value is -6.64. The van der Waals surface area contributed by atoms with Crippen LogP contribution in [0.1, 0.15) is 5.56 Å². The summed E-state index contributed by atoms with van der Waals surface area (Å²) in [5.41, 5.74) is 12.1. The molecule has 0 N–H and O–H groups in total. The van der Waals surface area contributed by atoms with Crippen LogP contribution in [0.2, 0.25) is 0 Å². The molecule has 51 heavy (non-hydrogen) atoms. The van der Waals surface area contributed by atoms with Crippen molar-refractivity contribution in [3.8, 4) is 33.6 Å². The molecule has 2 heterocycles. The Kier molecular flexibility index (Phi) is 7.75. The lowest BCUT2D eigenvalue weighted by Gasteiger charge is -2.10. The van der Waals surface area contributed by atoms with Gasteiger partial charge in [0.15, 0.2) is 0 Å². The molecule has 0 bridgehead atoms. The molecular formula is C49H36N2. The van der Waals surface area contributed by atoms with Crippen LogP contribution in [-0.4, -0.2) is 9.13 Å². The Morgan fingerprint density at radius 3 is 1.61 bits per heavy atom. The van der Waals surface area contributed by atoms with E-state index in [0.717, 1.165) is 23.1 Å². The van der Waals surface area contributed by atoms with Gasteiger partial charge in [0, 0.05) is 32.8 Å². The van der Waals surface area contributed by atoms with E-state index in [1.807, 2.05) is 6.08 Å². The molecular weight excluding hydrogens is 617 g/mol. The van der Waals surface area contributed by atoms with Gasteiger partial charge < -0.3 is 9.13 Å². The molecule has 0 radical (unpaired) electrons. The third kappa shape index (κ3) is 5.48. The molecule has 0 amide bonds. The van der Waals surface area contributed by atoms with Crippen molar-refractivity contribution in [1.29, 1.82) is 0 Å². The first-order chi connectivity index (χ1) is 25.3. The van der Waals surface area contributed by atoms with Crippen molar-refractivity contribution in [2.24, 2.45) is 0 Å². The molecule has 0 unspecified atom stereocenters. The summed E-state index contributed by atoms with van der Waals surface area (Å²) in [7, 11) is 0. The van der Waals surface area contributed by atoms with Crippen molar-refractivity contribution in [1.82, 2.24) is 9.13 Å². The number of hydrogen-bond acceptors (Lipinski definition) is 0. The van der Waals surface area contributed by atoms with Crippen molar-refractivity contribution in [3.63, 3.8) is 0 Å². The molecule has 9 rings (SSSR count). The molecule has 0 saturated carbocycles. The lowest BCUT2D eigenvalue weighted by atomic mass is 10.0. The summed E-state index contributed by atoms with van der Waals surface area (Å²) >= 11 is 0. The van der Waals surface area contributed by atoms with E-state index in [1.54, 1.807) is 0 Å². The number of hydrogen-bond donors (Lipinski definition) is 0. The molecule has 2 aromatic heterocycles. The van der Waals surface area contributed by atoms with E-state index in [9.17, 15) is 0 Å². The van der Waals surface area contributed by atoms with Crippen molar-refractivity contribution < 1.29 is 0 Å². The van der Waals surface area contributed by atoms with E-state index in [-0.39, 0.29) is 0 Å². The fourth-order valence-electron chi connectivity index (χ4n) is 7.56. The first-order valence-corrected chi connectivity index (χ1v) is 17.5. The average Bonchev–Trinajstić information content (AvgIpc) is 3.70. The Bertz CT molecular complexity index is 2800. The van der Waals surface area contributed by atoms with Crippen molar-refractivity contribution in [2.75, 3.05) is 0 Å². The average molecular weight is 653 g/mol. The van der Waals surface area contributed by atoms with Crippen molar-refractivity contribution in [3.05, 3.63) is 205 Å². The molecule has 0 atom stereocenters. The lowest BCUT2D eigenvalue weighted by molar-refractivity contribution is 1.07. The normalized spacial score (nSPS) is 12.3. The topological polar surface area (TPSA) is 9.86 Å². The Balaban J connectivity index is 1.09. The minimum atomic E-state index is 0.813. The number of rotatable bonds is 7. The van der Waals surface area contributed by atoms with Crippen LogP contribution in [0.3, 0.4) is 0 Å². The zero-order chi connectivity index (χ0) is 34.1. The van der Waals surface area contributed by atoms with Gasteiger partial charge in [-0.15, -0.1) is 0 Å². The minimum Gasteiger partial charge on any atom is -0.309 e. The summed E-state index contributed by atoms with van der Waals surface area (Å²) in [6.07, 6.45) is 7.21. The summed E-state index contributed by atoms with van der Waals surface area (Å²) in [4.78, 5) is 0. The second-order valence-corrected chi connectivity index (χ2v) is 13.0. The van der Waals surface area contributed by atoms with Crippen LogP contribution in [-0.2, 0) is 6.42 Å². The van der Waals surface area contributed by atoms with E-state index in [1.165, 1.54) is 65.7 Å². The lowest BCUT2D eigenvalue weighted by Crippen LogP contribution is -2.28. The smallest absolute Gasteiger partial charge is 0.0541 e. The fourth-order valence-corrected chi connectivity index (χ4v) is 7.56. The van der Waals surface area contributed by atoms with Crippen molar-refractivity contribution >= 4 is 44.9 Å². The first-order valence-electron chi connectivity index (χ1n) is 17.5. The van der Waals surface area contributed by atoms with Gasteiger partial charge in [-0.2, -0.15) is 0 Å². The van der Waals surface area contributed by atoms with Crippen LogP contribution in [0.15, 0.2) is 189 Å². The Morgan fingerprint density at radius 2 is 0.941 bits per heavy atom. The summed E-state index contributed by atoms with van der Waals surface area (Å²) in [5, 5.41) is 6.14. The molecule has 0 fully saturated rings. The van der Waals surface area contributed by atoms with Crippen LogP contribution in [0.25, 0.3) is 78.5 Å². The number of benzene rings is 7. The van der Waals surface area contributed by atoms with Crippen molar-refractivity contribution in [2.45, 2.75) is 6.42 Å². The van der Waals surface area contributed by atoms with Gasteiger partial charge in [0.25, 0.3) is 0 Å². The summed E-state index contributed by atoms with van der Waals surface area (Å²) in [6.45, 7) is 4.06. The van der Waals surface area contributed by atoms with E-state index in [0.29, 0.717) is 0 Å². The molecule has 2 heteroatoms. The molecule has 9 aromatic rings. The SMILES string of the molecule is C=C/C=c1\c(=C/Cc2ccc3c(c2)c2ccccc2n3-c2ccc(-c3ccc(-c4ccccc4)cc3)cc2)c2ccccc2n1-c1ccccc1. The standard InChI is InChI=1S/C49H36N2/c1-2-13-46-44(42-18-9-11-20-47(42)50(46)40-16-7-4-8-17-40)32-22-35-23-33-49-45(34-35)43-19-10-12-21-48(43)51(49)41-30-28-39(29-31-41)38-26-24-37(25-27-38)36-14-5-3-6-15-36/h2-21,23-34H,1,22H2/b44-32-,46-13+. The van der Waals surface area contributed by atoms with Crippen LogP contribution in [0, 0.1) is 0 Å². The fraction of sp³-hybridized carbons (Fsp3) is 0.0204. The van der Waals surface area contributed by atoms with Crippen LogP contribution < -0.4 is 10.6 Å². The van der Waals surface area contributed by atoms with Gasteiger partial charge in [0.1, 0.15) is 0 Å². The second-order valence-electron chi connectivity index (χ2n) is 13.0. The highest BCUT2D eigenvalue weighted by atomic mass is 15.0. The highest BCUT2D eigenvalue weighted by Crippen LogP contribution is 2.34. The zero-order valence-electron chi connectivity index (χ0n) is 28.3.